The number of halogens is 2. The third-order valence-corrected chi connectivity index (χ3v) is 7.76. The zero-order chi connectivity index (χ0) is 22.5. The SMILES string of the molecule is C=C(OC)N1CCC2(CC1)C(=O)N(Cc1ncc3cc(Cl)ccc3c1Br)c1cnccc12. The lowest BCUT2D eigenvalue weighted by molar-refractivity contribution is -0.125. The molecule has 5 rings (SSSR count). The summed E-state index contributed by atoms with van der Waals surface area (Å²) < 4.78 is 6.17. The molecule has 6 nitrogen and oxygen atoms in total. The number of hydrogen-bond acceptors (Lipinski definition) is 5. The summed E-state index contributed by atoms with van der Waals surface area (Å²) in [5.74, 6) is 0.745. The fourth-order valence-electron chi connectivity index (χ4n) is 4.86. The van der Waals surface area contributed by atoms with Gasteiger partial charge in [-0.05, 0) is 64.5 Å². The van der Waals surface area contributed by atoms with E-state index in [9.17, 15) is 4.79 Å². The standard InChI is InChI=1S/C24H22BrClN4O2/c1-15(32-2)29-9-6-24(7-10-29)19-5-8-27-13-21(19)30(23(24)31)14-20-22(25)18-4-3-17(26)11-16(18)12-28-20/h3-5,8,11-13H,1,6-7,9-10,14H2,2H3. The molecule has 0 saturated carbocycles. The van der Waals surface area contributed by atoms with Gasteiger partial charge in [0.2, 0.25) is 5.91 Å². The number of hydrogen-bond donors (Lipinski definition) is 0. The fraction of sp³-hybridized carbons (Fsp3) is 0.292. The fourth-order valence-corrected chi connectivity index (χ4v) is 5.63. The Morgan fingerprint density at radius 2 is 2.06 bits per heavy atom. The Hall–Kier alpha value is -2.64. The van der Waals surface area contributed by atoms with Crippen molar-refractivity contribution in [3.8, 4) is 0 Å². The second-order valence-electron chi connectivity index (χ2n) is 8.20. The van der Waals surface area contributed by atoms with E-state index < -0.39 is 5.41 Å². The van der Waals surface area contributed by atoms with E-state index in [-0.39, 0.29) is 5.91 Å². The van der Waals surface area contributed by atoms with Gasteiger partial charge in [-0.1, -0.05) is 17.7 Å². The molecule has 0 atom stereocenters. The average Bonchev–Trinajstić information content (AvgIpc) is 3.03. The van der Waals surface area contributed by atoms with Crippen LogP contribution in [0.3, 0.4) is 0 Å². The molecule has 4 heterocycles. The summed E-state index contributed by atoms with van der Waals surface area (Å²) in [6, 6.07) is 7.69. The van der Waals surface area contributed by atoms with Crippen molar-refractivity contribution in [2.75, 3.05) is 25.1 Å². The highest BCUT2D eigenvalue weighted by atomic mass is 79.9. The zero-order valence-corrected chi connectivity index (χ0v) is 20.0. The van der Waals surface area contributed by atoms with E-state index in [2.05, 4.69) is 37.4 Å². The van der Waals surface area contributed by atoms with Crippen molar-refractivity contribution in [3.63, 3.8) is 0 Å². The summed E-state index contributed by atoms with van der Waals surface area (Å²) >= 11 is 9.83. The van der Waals surface area contributed by atoms with Crippen molar-refractivity contribution in [2.45, 2.75) is 24.8 Å². The van der Waals surface area contributed by atoms with Crippen LogP contribution in [0.5, 0.6) is 0 Å². The molecule has 1 saturated heterocycles. The third-order valence-electron chi connectivity index (χ3n) is 6.64. The first-order chi connectivity index (χ1) is 15.4. The number of fused-ring (bicyclic) bond motifs is 3. The number of pyridine rings is 2. The van der Waals surface area contributed by atoms with E-state index >= 15 is 0 Å². The average molecular weight is 514 g/mol. The highest BCUT2D eigenvalue weighted by Crippen LogP contribution is 2.48. The van der Waals surface area contributed by atoms with Gasteiger partial charge in [0.05, 0.1) is 36.6 Å². The molecule has 1 amide bonds. The Balaban J connectivity index is 1.49. The maximum absolute atomic E-state index is 13.9. The number of ether oxygens (including phenoxy) is 1. The lowest BCUT2D eigenvalue weighted by Gasteiger charge is -2.39. The number of benzene rings is 1. The zero-order valence-electron chi connectivity index (χ0n) is 17.6. The molecular weight excluding hydrogens is 492 g/mol. The molecule has 0 unspecified atom stereocenters. The minimum absolute atomic E-state index is 0.105. The molecule has 0 bridgehead atoms. The minimum atomic E-state index is -0.556. The van der Waals surface area contributed by atoms with Gasteiger partial charge >= 0.3 is 0 Å². The van der Waals surface area contributed by atoms with E-state index in [0.717, 1.165) is 32.2 Å². The van der Waals surface area contributed by atoms with Crippen molar-refractivity contribution < 1.29 is 9.53 Å². The van der Waals surface area contributed by atoms with Crippen molar-refractivity contribution in [1.29, 1.82) is 0 Å². The van der Waals surface area contributed by atoms with Gasteiger partial charge in [-0.2, -0.15) is 0 Å². The molecular formula is C24H22BrClN4O2. The van der Waals surface area contributed by atoms with Crippen LogP contribution in [0.1, 0.15) is 24.1 Å². The predicted molar refractivity (Wildman–Crippen MR) is 129 cm³/mol. The Morgan fingerprint density at radius 3 is 2.81 bits per heavy atom. The van der Waals surface area contributed by atoms with Gasteiger partial charge in [0, 0.05) is 40.4 Å². The molecule has 1 aromatic carbocycles. The lowest BCUT2D eigenvalue weighted by Crippen LogP contribution is -2.48. The van der Waals surface area contributed by atoms with Crippen LogP contribution in [0.25, 0.3) is 10.8 Å². The van der Waals surface area contributed by atoms with Crippen LogP contribution in [-0.4, -0.2) is 41.0 Å². The number of carbonyl (C=O) groups is 1. The van der Waals surface area contributed by atoms with E-state index in [1.165, 1.54) is 0 Å². The van der Waals surface area contributed by atoms with Gasteiger partial charge < -0.3 is 14.5 Å². The molecule has 32 heavy (non-hydrogen) atoms. The highest BCUT2D eigenvalue weighted by molar-refractivity contribution is 9.10. The Morgan fingerprint density at radius 1 is 1.28 bits per heavy atom. The smallest absolute Gasteiger partial charge is 0.238 e. The quantitative estimate of drug-likeness (QED) is 0.457. The van der Waals surface area contributed by atoms with Crippen LogP contribution >= 0.6 is 27.5 Å². The number of nitrogens with zero attached hydrogens (tertiary/aromatic N) is 4. The number of carbonyl (C=O) groups excluding carboxylic acids is 1. The third kappa shape index (κ3) is 3.26. The molecule has 8 heteroatoms. The molecule has 3 aromatic rings. The van der Waals surface area contributed by atoms with E-state index in [1.54, 1.807) is 25.7 Å². The number of rotatable bonds is 4. The van der Waals surface area contributed by atoms with Gasteiger partial charge in [0.25, 0.3) is 0 Å². The molecule has 2 aromatic heterocycles. The second-order valence-corrected chi connectivity index (χ2v) is 9.43. The van der Waals surface area contributed by atoms with Crippen LogP contribution in [0.2, 0.25) is 5.02 Å². The molecule has 164 valence electrons. The lowest BCUT2D eigenvalue weighted by atomic mass is 9.74. The summed E-state index contributed by atoms with van der Waals surface area (Å²) in [4.78, 5) is 26.8. The number of anilines is 1. The largest absolute Gasteiger partial charge is 0.483 e. The first kappa shape index (κ1) is 21.2. The highest BCUT2D eigenvalue weighted by Gasteiger charge is 2.52. The van der Waals surface area contributed by atoms with E-state index in [0.29, 0.717) is 43.4 Å². The predicted octanol–water partition coefficient (Wildman–Crippen LogP) is 5.04. The number of amides is 1. The summed E-state index contributed by atoms with van der Waals surface area (Å²) in [7, 11) is 1.62. The van der Waals surface area contributed by atoms with E-state index in [4.69, 9.17) is 16.3 Å². The normalized spacial score (nSPS) is 17.2. The Bertz CT molecular complexity index is 1240. The van der Waals surface area contributed by atoms with Crippen molar-refractivity contribution >= 4 is 49.9 Å². The van der Waals surface area contributed by atoms with Gasteiger partial charge in [-0.3, -0.25) is 14.8 Å². The van der Waals surface area contributed by atoms with Crippen LogP contribution in [0.15, 0.2) is 59.8 Å². The molecule has 0 aliphatic carbocycles. The molecule has 0 N–H and O–H groups in total. The Labute approximate surface area is 200 Å². The van der Waals surface area contributed by atoms with Crippen molar-refractivity contribution in [1.82, 2.24) is 14.9 Å². The first-order valence-electron chi connectivity index (χ1n) is 10.4. The van der Waals surface area contributed by atoms with Crippen LogP contribution < -0.4 is 4.90 Å². The maximum atomic E-state index is 13.9. The number of methoxy groups -OCH3 is 1. The van der Waals surface area contributed by atoms with Gasteiger partial charge in [0.15, 0.2) is 5.88 Å². The van der Waals surface area contributed by atoms with Crippen LogP contribution in [-0.2, 0) is 21.5 Å². The topological polar surface area (TPSA) is 58.6 Å². The van der Waals surface area contributed by atoms with E-state index in [1.807, 2.05) is 29.2 Å². The monoisotopic (exact) mass is 512 g/mol. The maximum Gasteiger partial charge on any atom is 0.238 e. The summed E-state index contributed by atoms with van der Waals surface area (Å²) in [5.41, 5.74) is 2.15. The van der Waals surface area contributed by atoms with Gasteiger partial charge in [-0.15, -0.1) is 0 Å². The van der Waals surface area contributed by atoms with Crippen molar-refractivity contribution in [3.05, 3.63) is 76.1 Å². The first-order valence-corrected chi connectivity index (χ1v) is 11.6. The van der Waals surface area contributed by atoms with Gasteiger partial charge in [0.1, 0.15) is 0 Å². The number of likely N-dealkylation sites (tertiary alicyclic amines) is 1. The van der Waals surface area contributed by atoms with Crippen LogP contribution in [0.4, 0.5) is 5.69 Å². The molecule has 2 aliphatic rings. The summed E-state index contributed by atoms with van der Waals surface area (Å²) in [5, 5.41) is 2.63. The molecule has 0 radical (unpaired) electrons. The Kier molecular flexibility index (Phi) is 5.34. The van der Waals surface area contributed by atoms with Gasteiger partial charge in [-0.25, -0.2) is 0 Å². The molecule has 1 fully saturated rings. The minimum Gasteiger partial charge on any atom is -0.483 e. The number of piperidine rings is 1. The molecule has 1 spiro atoms. The summed E-state index contributed by atoms with van der Waals surface area (Å²) in [6.07, 6.45) is 6.76. The van der Waals surface area contributed by atoms with Crippen molar-refractivity contribution in [2.24, 2.45) is 0 Å². The second kappa shape index (κ2) is 8.05. The molecule has 2 aliphatic heterocycles. The summed E-state index contributed by atoms with van der Waals surface area (Å²) in [6.45, 7) is 5.76. The van der Waals surface area contributed by atoms with Crippen LogP contribution in [0, 0.1) is 0 Å². The number of aromatic nitrogens is 2.